The number of rotatable bonds is 5. The summed E-state index contributed by atoms with van der Waals surface area (Å²) >= 11 is 18.2. The molecule has 1 heterocycles. The summed E-state index contributed by atoms with van der Waals surface area (Å²) in [6.07, 6.45) is 0. The quantitative estimate of drug-likeness (QED) is 0.797. The molecular weight excluding hydrogens is 399 g/mol. The molecule has 0 spiro atoms. The smallest absolute Gasteiger partial charge is 0.254 e. The van der Waals surface area contributed by atoms with Gasteiger partial charge in [0.05, 0.1) is 22.3 Å². The number of hydrogen-bond acceptors (Lipinski definition) is 3. The van der Waals surface area contributed by atoms with E-state index in [2.05, 4.69) is 5.32 Å². The van der Waals surface area contributed by atoms with Crippen LogP contribution in [0.15, 0.2) is 36.4 Å². The van der Waals surface area contributed by atoms with Gasteiger partial charge in [0.1, 0.15) is 18.4 Å². The zero-order chi connectivity index (χ0) is 18.8. The summed E-state index contributed by atoms with van der Waals surface area (Å²) in [5.41, 5.74) is 1.26. The fourth-order valence-electron chi connectivity index (χ4n) is 2.85. The summed E-state index contributed by atoms with van der Waals surface area (Å²) in [6, 6.07) is 9.39. The number of anilines is 1. The highest BCUT2D eigenvalue weighted by Gasteiger charge is 2.39. The molecule has 0 fully saturated rings. The third-order valence-electron chi connectivity index (χ3n) is 3.93. The molecule has 1 N–H and O–H groups in total. The van der Waals surface area contributed by atoms with Crippen LogP contribution in [0, 0.1) is 0 Å². The molecular formula is C18H15Cl3N2O3. The fraction of sp³-hybridized carbons (Fsp3) is 0.222. The summed E-state index contributed by atoms with van der Waals surface area (Å²) < 4.78 is 5.66. The summed E-state index contributed by atoms with van der Waals surface area (Å²) in [7, 11) is 0. The molecule has 1 aliphatic heterocycles. The first-order valence-corrected chi connectivity index (χ1v) is 8.96. The molecule has 0 bridgehead atoms. The van der Waals surface area contributed by atoms with E-state index < -0.39 is 6.04 Å². The Morgan fingerprint density at radius 3 is 2.65 bits per heavy atom. The SMILES string of the molecule is CC(=O)NC1C(=O)N(CCOc2ccc(Cl)cc2Cl)c2c(Cl)cccc21. The first-order valence-electron chi connectivity index (χ1n) is 7.83. The number of halogens is 3. The molecule has 3 rings (SSSR count). The number of fused-ring (bicyclic) bond motifs is 1. The Hall–Kier alpha value is -1.95. The molecule has 1 unspecified atom stereocenters. The van der Waals surface area contributed by atoms with Gasteiger partial charge in [-0.05, 0) is 24.3 Å². The average molecular weight is 414 g/mol. The number of carbonyl (C=O) groups is 2. The number of benzene rings is 2. The van der Waals surface area contributed by atoms with E-state index >= 15 is 0 Å². The molecule has 26 heavy (non-hydrogen) atoms. The maximum absolute atomic E-state index is 12.8. The Morgan fingerprint density at radius 2 is 1.96 bits per heavy atom. The van der Waals surface area contributed by atoms with Crippen LogP contribution in [0.5, 0.6) is 5.75 Å². The van der Waals surface area contributed by atoms with Crippen molar-refractivity contribution >= 4 is 52.3 Å². The van der Waals surface area contributed by atoms with Crippen LogP contribution in [-0.2, 0) is 9.59 Å². The number of ether oxygens (including phenoxy) is 1. The zero-order valence-corrected chi connectivity index (χ0v) is 16.0. The zero-order valence-electron chi connectivity index (χ0n) is 13.8. The molecule has 2 aromatic rings. The molecule has 1 aliphatic rings. The van der Waals surface area contributed by atoms with Gasteiger partial charge < -0.3 is 15.0 Å². The molecule has 0 radical (unpaired) electrons. The molecule has 0 saturated carbocycles. The number of nitrogens with one attached hydrogen (secondary N) is 1. The molecule has 2 amide bonds. The Morgan fingerprint density at radius 1 is 1.19 bits per heavy atom. The van der Waals surface area contributed by atoms with Gasteiger partial charge >= 0.3 is 0 Å². The van der Waals surface area contributed by atoms with Crippen molar-refractivity contribution in [3.8, 4) is 5.75 Å². The van der Waals surface area contributed by atoms with E-state index in [1.54, 1.807) is 36.4 Å². The lowest BCUT2D eigenvalue weighted by Crippen LogP contribution is -2.38. The third kappa shape index (κ3) is 3.75. The van der Waals surface area contributed by atoms with Gasteiger partial charge in [0, 0.05) is 17.5 Å². The van der Waals surface area contributed by atoms with Gasteiger partial charge in [-0.2, -0.15) is 0 Å². The summed E-state index contributed by atoms with van der Waals surface area (Å²) in [6.45, 7) is 1.82. The van der Waals surface area contributed by atoms with Crippen molar-refractivity contribution in [3.63, 3.8) is 0 Å². The van der Waals surface area contributed by atoms with Crippen molar-refractivity contribution in [1.29, 1.82) is 0 Å². The first kappa shape index (κ1) is 18.8. The molecule has 0 aromatic heterocycles. The highest BCUT2D eigenvalue weighted by atomic mass is 35.5. The number of carbonyl (C=O) groups excluding carboxylic acids is 2. The van der Waals surface area contributed by atoms with Gasteiger partial charge in [-0.15, -0.1) is 0 Å². The van der Waals surface area contributed by atoms with Gasteiger partial charge in [0.2, 0.25) is 5.91 Å². The van der Waals surface area contributed by atoms with Crippen LogP contribution >= 0.6 is 34.8 Å². The second-order valence-electron chi connectivity index (χ2n) is 5.72. The molecule has 0 saturated heterocycles. The molecule has 136 valence electrons. The predicted octanol–water partition coefficient (Wildman–Crippen LogP) is 4.25. The normalized spacial score (nSPS) is 15.8. The van der Waals surface area contributed by atoms with Crippen molar-refractivity contribution in [2.75, 3.05) is 18.1 Å². The summed E-state index contributed by atoms with van der Waals surface area (Å²) in [5.74, 6) is -0.0741. The predicted molar refractivity (Wildman–Crippen MR) is 102 cm³/mol. The van der Waals surface area contributed by atoms with Gasteiger partial charge in [0.15, 0.2) is 0 Å². The van der Waals surface area contributed by atoms with Gasteiger partial charge in [0.25, 0.3) is 5.91 Å². The average Bonchev–Trinajstić information content (AvgIpc) is 2.83. The minimum absolute atomic E-state index is 0.199. The van der Waals surface area contributed by atoms with Crippen LogP contribution in [0.1, 0.15) is 18.5 Å². The highest BCUT2D eigenvalue weighted by Crippen LogP contribution is 2.40. The Kier molecular flexibility index (Phi) is 5.61. The number of hydrogen-bond donors (Lipinski definition) is 1. The van der Waals surface area contributed by atoms with Crippen LogP contribution in [0.2, 0.25) is 15.1 Å². The van der Waals surface area contributed by atoms with Crippen LogP contribution in [0.4, 0.5) is 5.69 Å². The second-order valence-corrected chi connectivity index (χ2v) is 6.98. The lowest BCUT2D eigenvalue weighted by molar-refractivity contribution is -0.126. The van der Waals surface area contributed by atoms with Crippen molar-refractivity contribution in [3.05, 3.63) is 57.0 Å². The maximum Gasteiger partial charge on any atom is 0.254 e. The molecule has 2 aromatic carbocycles. The highest BCUT2D eigenvalue weighted by molar-refractivity contribution is 6.35. The molecule has 1 atom stereocenters. The van der Waals surface area contributed by atoms with E-state index in [0.717, 1.165) is 0 Å². The fourth-order valence-corrected chi connectivity index (χ4v) is 3.60. The monoisotopic (exact) mass is 412 g/mol. The van der Waals surface area contributed by atoms with Gasteiger partial charge in [-0.3, -0.25) is 9.59 Å². The number of amides is 2. The topological polar surface area (TPSA) is 58.6 Å². The molecule has 0 aliphatic carbocycles. The van der Waals surface area contributed by atoms with E-state index in [-0.39, 0.29) is 25.0 Å². The Labute approximate surface area is 165 Å². The summed E-state index contributed by atoms with van der Waals surface area (Å²) in [4.78, 5) is 25.7. The molecule has 5 nitrogen and oxygen atoms in total. The Balaban J connectivity index is 1.77. The van der Waals surface area contributed by atoms with E-state index in [0.29, 0.717) is 32.1 Å². The van der Waals surface area contributed by atoms with E-state index in [4.69, 9.17) is 39.5 Å². The van der Waals surface area contributed by atoms with Crippen LogP contribution in [0.25, 0.3) is 0 Å². The first-order chi connectivity index (χ1) is 12.4. The minimum atomic E-state index is -0.750. The van der Waals surface area contributed by atoms with Crippen LogP contribution in [0.3, 0.4) is 0 Å². The lowest BCUT2D eigenvalue weighted by Gasteiger charge is -2.19. The minimum Gasteiger partial charge on any atom is -0.490 e. The van der Waals surface area contributed by atoms with E-state index in [1.165, 1.54) is 11.8 Å². The number of para-hydroxylation sites is 1. The largest absolute Gasteiger partial charge is 0.490 e. The van der Waals surface area contributed by atoms with Crippen molar-refractivity contribution in [1.82, 2.24) is 5.32 Å². The Bertz CT molecular complexity index is 873. The second kappa shape index (κ2) is 7.74. The van der Waals surface area contributed by atoms with Crippen molar-refractivity contribution < 1.29 is 14.3 Å². The summed E-state index contributed by atoms with van der Waals surface area (Å²) in [5, 5.41) is 4.00. The van der Waals surface area contributed by atoms with Gasteiger partial charge in [-0.1, -0.05) is 46.9 Å². The number of nitrogens with zero attached hydrogens (tertiary/aromatic N) is 1. The third-order valence-corrected chi connectivity index (χ3v) is 4.76. The lowest BCUT2D eigenvalue weighted by atomic mass is 10.1. The van der Waals surface area contributed by atoms with Crippen LogP contribution in [-0.4, -0.2) is 25.0 Å². The van der Waals surface area contributed by atoms with E-state index in [1.807, 2.05) is 0 Å². The van der Waals surface area contributed by atoms with Gasteiger partial charge in [-0.25, -0.2) is 0 Å². The molecule has 8 heteroatoms. The standard InChI is InChI=1S/C18H15Cl3N2O3/c1-10(24)22-16-12-3-2-4-13(20)17(12)23(18(16)25)7-8-26-15-6-5-11(19)9-14(15)21/h2-6,9,16H,7-8H2,1H3,(H,22,24). The maximum atomic E-state index is 12.8. The van der Waals surface area contributed by atoms with Crippen molar-refractivity contribution in [2.24, 2.45) is 0 Å². The van der Waals surface area contributed by atoms with Crippen LogP contribution < -0.4 is 15.0 Å². The van der Waals surface area contributed by atoms with E-state index in [9.17, 15) is 9.59 Å². The van der Waals surface area contributed by atoms with Crippen molar-refractivity contribution in [2.45, 2.75) is 13.0 Å².